The predicted octanol–water partition coefficient (Wildman–Crippen LogP) is 4.63. The molecule has 0 radical (unpaired) electrons. The lowest BCUT2D eigenvalue weighted by Crippen LogP contribution is -2.17. The number of benzene rings is 2. The molecule has 0 aliphatic heterocycles. The molecule has 0 unspecified atom stereocenters. The molecule has 2 aromatic heterocycles. The maximum atomic E-state index is 15.5. The van der Waals surface area contributed by atoms with E-state index in [0.29, 0.717) is 22.0 Å². The summed E-state index contributed by atoms with van der Waals surface area (Å²) in [7, 11) is -4.76. The van der Waals surface area contributed by atoms with Gasteiger partial charge in [0.2, 0.25) is 5.95 Å². The highest BCUT2D eigenvalue weighted by atomic mass is 32.2. The number of rotatable bonds is 6. The molecule has 3 N–H and O–H groups in total. The number of halogens is 3. The van der Waals surface area contributed by atoms with Crippen LogP contribution in [-0.2, 0) is 16.4 Å². The Hall–Kier alpha value is -3.51. The third kappa shape index (κ3) is 4.39. The smallest absolute Gasteiger partial charge is 0.267 e. The first-order chi connectivity index (χ1) is 15.7. The van der Waals surface area contributed by atoms with Gasteiger partial charge in [0, 0.05) is 11.8 Å². The Morgan fingerprint density at radius 3 is 2.39 bits per heavy atom. The van der Waals surface area contributed by atoms with Crippen molar-refractivity contribution in [2.75, 3.05) is 10.5 Å². The Morgan fingerprint density at radius 1 is 1.03 bits per heavy atom. The quantitative estimate of drug-likeness (QED) is 0.407. The lowest BCUT2D eigenvalue weighted by atomic mass is 10.1. The van der Waals surface area contributed by atoms with Crippen molar-refractivity contribution in [1.82, 2.24) is 15.0 Å². The van der Waals surface area contributed by atoms with Gasteiger partial charge >= 0.3 is 0 Å². The summed E-state index contributed by atoms with van der Waals surface area (Å²) >= 11 is 1.28. The topological polar surface area (TPSA) is 111 Å². The van der Waals surface area contributed by atoms with Gasteiger partial charge in [0.1, 0.15) is 11.6 Å². The zero-order valence-electron chi connectivity index (χ0n) is 17.0. The van der Waals surface area contributed by atoms with Crippen LogP contribution in [0.4, 0.5) is 24.8 Å². The molecular weight excluding hydrogens is 475 g/mol. The van der Waals surface area contributed by atoms with Gasteiger partial charge in [-0.25, -0.2) is 36.5 Å². The fourth-order valence-corrected chi connectivity index (χ4v) is 5.29. The van der Waals surface area contributed by atoms with Gasteiger partial charge in [-0.1, -0.05) is 19.1 Å². The minimum absolute atomic E-state index is 0.0210. The fraction of sp³-hybridized carbons (Fsp3) is 0.0952. The molecule has 0 aliphatic carbocycles. The van der Waals surface area contributed by atoms with E-state index < -0.39 is 38.1 Å². The van der Waals surface area contributed by atoms with Gasteiger partial charge in [-0.15, -0.1) is 11.3 Å². The van der Waals surface area contributed by atoms with E-state index in [1.54, 1.807) is 6.07 Å². The maximum Gasteiger partial charge on any atom is 0.267 e. The molecule has 0 fully saturated rings. The summed E-state index contributed by atoms with van der Waals surface area (Å²) < 4.78 is 70.7. The van der Waals surface area contributed by atoms with Gasteiger partial charge < -0.3 is 5.73 Å². The van der Waals surface area contributed by atoms with Gasteiger partial charge in [0.05, 0.1) is 27.0 Å². The van der Waals surface area contributed by atoms with E-state index in [4.69, 9.17) is 5.73 Å². The number of aromatic nitrogens is 3. The van der Waals surface area contributed by atoms with Crippen LogP contribution in [0.25, 0.3) is 21.8 Å². The highest BCUT2D eigenvalue weighted by Gasteiger charge is 2.26. The summed E-state index contributed by atoms with van der Waals surface area (Å²) in [4.78, 5) is 11.8. The van der Waals surface area contributed by atoms with E-state index in [1.165, 1.54) is 29.7 Å². The molecule has 4 aromatic rings. The zero-order chi connectivity index (χ0) is 23.8. The van der Waals surface area contributed by atoms with Gasteiger partial charge in [-0.05, 0) is 36.8 Å². The van der Waals surface area contributed by atoms with Crippen LogP contribution in [0.2, 0.25) is 0 Å². The second kappa shape index (κ2) is 8.79. The van der Waals surface area contributed by atoms with Gasteiger partial charge in [-0.2, -0.15) is 0 Å². The number of hydrogen-bond acceptors (Lipinski definition) is 7. The van der Waals surface area contributed by atoms with E-state index >= 15 is 4.39 Å². The van der Waals surface area contributed by atoms with Crippen molar-refractivity contribution in [3.05, 3.63) is 71.1 Å². The standard InChI is InChI=1S/C21H16F3N5O2S2/c1-2-16-28-18(19(32-16)15-9-10-26-21(25)27-15)11-5-3-8-14(17(11)24)29-33(30,31)20-12(22)6-4-7-13(20)23/h3-10,29H,2H2,1H3,(H2,25,26,27). The molecule has 0 amide bonds. The summed E-state index contributed by atoms with van der Waals surface area (Å²) in [6, 6.07) is 8.18. The molecule has 0 aliphatic rings. The van der Waals surface area contributed by atoms with Crippen molar-refractivity contribution in [2.45, 2.75) is 18.2 Å². The van der Waals surface area contributed by atoms with Crippen LogP contribution in [0.3, 0.4) is 0 Å². The van der Waals surface area contributed by atoms with Crippen LogP contribution in [-0.4, -0.2) is 23.4 Å². The van der Waals surface area contributed by atoms with Crippen LogP contribution in [0, 0.1) is 17.5 Å². The monoisotopic (exact) mass is 491 g/mol. The molecule has 12 heteroatoms. The average molecular weight is 492 g/mol. The third-order valence-electron chi connectivity index (χ3n) is 4.57. The summed E-state index contributed by atoms with van der Waals surface area (Å²) in [5.41, 5.74) is 5.82. The Labute approximate surface area is 191 Å². The van der Waals surface area contributed by atoms with E-state index in [2.05, 4.69) is 15.0 Å². The SMILES string of the molecule is CCc1nc(-c2cccc(NS(=O)(=O)c3c(F)cccc3F)c2F)c(-c2ccnc(N)n2)s1. The molecule has 0 bridgehead atoms. The highest BCUT2D eigenvalue weighted by molar-refractivity contribution is 7.92. The minimum atomic E-state index is -4.76. The maximum absolute atomic E-state index is 15.5. The van der Waals surface area contributed by atoms with Crippen LogP contribution >= 0.6 is 11.3 Å². The normalized spacial score (nSPS) is 11.5. The second-order valence-corrected chi connectivity index (χ2v) is 9.47. The fourth-order valence-electron chi connectivity index (χ4n) is 3.10. The molecule has 4 rings (SSSR count). The number of sulfonamides is 1. The lowest BCUT2D eigenvalue weighted by Gasteiger charge is -2.12. The van der Waals surface area contributed by atoms with Crippen molar-refractivity contribution in [3.63, 3.8) is 0 Å². The lowest BCUT2D eigenvalue weighted by molar-refractivity contribution is 0.521. The zero-order valence-corrected chi connectivity index (χ0v) is 18.6. The summed E-state index contributed by atoms with van der Waals surface area (Å²) in [5, 5.41) is 0.691. The van der Waals surface area contributed by atoms with E-state index in [1.807, 2.05) is 11.6 Å². The molecule has 0 saturated carbocycles. The van der Waals surface area contributed by atoms with Crippen LogP contribution in [0.1, 0.15) is 11.9 Å². The number of hydrogen-bond donors (Lipinski definition) is 2. The van der Waals surface area contributed by atoms with Crippen molar-refractivity contribution in [2.24, 2.45) is 0 Å². The molecule has 33 heavy (non-hydrogen) atoms. The largest absolute Gasteiger partial charge is 0.368 e. The first kappa shape index (κ1) is 22.7. The highest BCUT2D eigenvalue weighted by Crippen LogP contribution is 2.39. The molecular formula is C21H16F3N5O2S2. The van der Waals surface area contributed by atoms with Crippen molar-refractivity contribution < 1.29 is 21.6 Å². The molecule has 0 saturated heterocycles. The molecule has 0 atom stereocenters. The number of thiazole rings is 1. The second-order valence-electron chi connectivity index (χ2n) is 6.76. The first-order valence-corrected chi connectivity index (χ1v) is 11.9. The van der Waals surface area contributed by atoms with E-state index in [-0.39, 0.29) is 17.2 Å². The molecule has 2 aromatic carbocycles. The van der Waals surface area contributed by atoms with Crippen LogP contribution in [0.15, 0.2) is 53.6 Å². The Morgan fingerprint density at radius 2 is 1.73 bits per heavy atom. The molecule has 170 valence electrons. The minimum Gasteiger partial charge on any atom is -0.368 e. The van der Waals surface area contributed by atoms with Crippen molar-refractivity contribution in [3.8, 4) is 21.8 Å². The predicted molar refractivity (Wildman–Crippen MR) is 119 cm³/mol. The van der Waals surface area contributed by atoms with Crippen molar-refractivity contribution >= 4 is 33.0 Å². The number of nitrogens with two attached hydrogens (primary N) is 1. The Kier molecular flexibility index (Phi) is 6.04. The molecule has 7 nitrogen and oxygen atoms in total. The molecule has 0 spiro atoms. The number of anilines is 2. The number of nitrogens with one attached hydrogen (secondary N) is 1. The summed E-state index contributed by atoms with van der Waals surface area (Å²) in [6.07, 6.45) is 2.02. The van der Waals surface area contributed by atoms with Crippen LogP contribution < -0.4 is 10.5 Å². The number of nitrogen functional groups attached to an aromatic ring is 1. The van der Waals surface area contributed by atoms with E-state index in [0.717, 1.165) is 24.3 Å². The number of aryl methyl sites for hydroxylation is 1. The van der Waals surface area contributed by atoms with E-state index in [9.17, 15) is 17.2 Å². The van der Waals surface area contributed by atoms with Crippen LogP contribution in [0.5, 0.6) is 0 Å². The average Bonchev–Trinajstić information content (AvgIpc) is 3.19. The van der Waals surface area contributed by atoms with Gasteiger partial charge in [-0.3, -0.25) is 4.72 Å². The Bertz CT molecular complexity index is 1440. The Balaban J connectivity index is 1.81. The van der Waals surface area contributed by atoms with Gasteiger partial charge in [0.15, 0.2) is 10.7 Å². The van der Waals surface area contributed by atoms with Crippen molar-refractivity contribution in [1.29, 1.82) is 0 Å². The van der Waals surface area contributed by atoms with Gasteiger partial charge in [0.25, 0.3) is 10.0 Å². The first-order valence-electron chi connectivity index (χ1n) is 9.55. The third-order valence-corrected chi connectivity index (χ3v) is 7.20. The summed E-state index contributed by atoms with van der Waals surface area (Å²) in [5.74, 6) is -3.53. The number of nitrogens with zero attached hydrogens (tertiary/aromatic N) is 3. The summed E-state index contributed by atoms with van der Waals surface area (Å²) in [6.45, 7) is 1.88. The molecule has 2 heterocycles.